The van der Waals surface area contributed by atoms with Crippen LogP contribution in [0.2, 0.25) is 0 Å². The largest absolute Gasteiger partial charge is 0.384 e. The van der Waals surface area contributed by atoms with E-state index in [9.17, 15) is 0 Å². The quantitative estimate of drug-likeness (QED) is 0.381. The van der Waals surface area contributed by atoms with E-state index in [0.29, 0.717) is 0 Å². The zero-order valence-electron chi connectivity index (χ0n) is 5.39. The Morgan fingerprint density at radius 1 is 1.78 bits per heavy atom. The minimum Gasteiger partial charge on any atom is -0.384 e. The summed E-state index contributed by atoms with van der Waals surface area (Å²) in [6.45, 7) is 4.62. The SMILES string of the molecule is C=CC(C)(O)C#CCO. The highest BCUT2D eigenvalue weighted by molar-refractivity contribution is 5.18. The second-order valence-corrected chi connectivity index (χ2v) is 1.81. The molecule has 0 aliphatic rings. The van der Waals surface area contributed by atoms with Crippen molar-refractivity contribution < 1.29 is 10.2 Å². The molecule has 0 fully saturated rings. The number of aliphatic hydroxyl groups is 2. The second-order valence-electron chi connectivity index (χ2n) is 1.81. The van der Waals surface area contributed by atoms with Crippen molar-refractivity contribution in [1.29, 1.82) is 0 Å². The zero-order valence-corrected chi connectivity index (χ0v) is 5.39. The highest BCUT2D eigenvalue weighted by Gasteiger charge is 2.08. The normalized spacial score (nSPS) is 15.0. The summed E-state index contributed by atoms with van der Waals surface area (Å²) in [6.07, 6.45) is 1.32. The fourth-order valence-electron chi connectivity index (χ4n) is 0.270. The minimum absolute atomic E-state index is 0.232. The Morgan fingerprint density at radius 2 is 2.33 bits per heavy atom. The van der Waals surface area contributed by atoms with Gasteiger partial charge in [0.1, 0.15) is 12.2 Å². The molecular weight excluding hydrogens is 116 g/mol. The van der Waals surface area contributed by atoms with Gasteiger partial charge < -0.3 is 10.2 Å². The fraction of sp³-hybridized carbons (Fsp3) is 0.429. The van der Waals surface area contributed by atoms with Gasteiger partial charge >= 0.3 is 0 Å². The van der Waals surface area contributed by atoms with Crippen molar-refractivity contribution in [2.24, 2.45) is 0 Å². The summed E-state index contributed by atoms with van der Waals surface area (Å²) in [4.78, 5) is 0. The van der Waals surface area contributed by atoms with Crippen molar-refractivity contribution in [2.75, 3.05) is 6.61 Å². The van der Waals surface area contributed by atoms with E-state index in [0.717, 1.165) is 0 Å². The molecule has 0 aromatic rings. The maximum absolute atomic E-state index is 9.05. The van der Waals surface area contributed by atoms with Crippen LogP contribution in [0, 0.1) is 11.8 Å². The Kier molecular flexibility index (Phi) is 3.00. The third-order valence-electron chi connectivity index (χ3n) is 0.818. The Labute approximate surface area is 54.8 Å². The highest BCUT2D eigenvalue weighted by Crippen LogP contribution is 1.99. The number of aliphatic hydroxyl groups excluding tert-OH is 1. The Balaban J connectivity index is 4.00. The van der Waals surface area contributed by atoms with Crippen LogP contribution < -0.4 is 0 Å². The lowest BCUT2D eigenvalue weighted by Crippen LogP contribution is -2.16. The molecule has 0 radical (unpaired) electrons. The first-order chi connectivity index (χ1) is 4.12. The Bertz CT molecular complexity index is 148. The summed E-state index contributed by atoms with van der Waals surface area (Å²) in [5.74, 6) is 4.72. The summed E-state index contributed by atoms with van der Waals surface area (Å²) >= 11 is 0. The maximum atomic E-state index is 9.05. The summed E-state index contributed by atoms with van der Waals surface area (Å²) in [7, 11) is 0. The van der Waals surface area contributed by atoms with Gasteiger partial charge in [0.15, 0.2) is 0 Å². The highest BCUT2D eigenvalue weighted by atomic mass is 16.3. The molecule has 0 bridgehead atoms. The van der Waals surface area contributed by atoms with Crippen molar-refractivity contribution in [3.63, 3.8) is 0 Å². The lowest BCUT2D eigenvalue weighted by molar-refractivity contribution is 0.174. The van der Waals surface area contributed by atoms with Gasteiger partial charge in [0.05, 0.1) is 0 Å². The summed E-state index contributed by atoms with van der Waals surface area (Å²) in [6, 6.07) is 0. The molecule has 2 N–H and O–H groups in total. The van der Waals surface area contributed by atoms with E-state index in [4.69, 9.17) is 10.2 Å². The molecule has 0 aromatic heterocycles. The van der Waals surface area contributed by atoms with Crippen LogP contribution in [0.5, 0.6) is 0 Å². The van der Waals surface area contributed by atoms with Gasteiger partial charge in [-0.05, 0) is 13.0 Å². The molecule has 2 nitrogen and oxygen atoms in total. The van der Waals surface area contributed by atoms with E-state index in [1.807, 2.05) is 0 Å². The maximum Gasteiger partial charge on any atom is 0.141 e. The summed E-state index contributed by atoms with van der Waals surface area (Å²) in [5.41, 5.74) is -1.16. The molecule has 0 amide bonds. The topological polar surface area (TPSA) is 40.5 Å². The first kappa shape index (κ1) is 8.22. The molecule has 1 atom stereocenters. The molecule has 1 unspecified atom stereocenters. The van der Waals surface area contributed by atoms with Gasteiger partial charge in [-0.2, -0.15) is 0 Å². The molecule has 50 valence electrons. The molecule has 0 saturated carbocycles. The van der Waals surface area contributed by atoms with Crippen LogP contribution in [0.1, 0.15) is 6.92 Å². The Hall–Kier alpha value is -0.780. The van der Waals surface area contributed by atoms with Gasteiger partial charge in [0.25, 0.3) is 0 Å². The molecule has 0 heterocycles. The predicted octanol–water partition coefficient (Wildman–Crippen LogP) is -0.0809. The molecule has 0 spiro atoms. The molecular formula is C7H10O2. The van der Waals surface area contributed by atoms with Crippen LogP contribution in [0.3, 0.4) is 0 Å². The average Bonchev–Trinajstić information content (AvgIpc) is 1.84. The van der Waals surface area contributed by atoms with E-state index >= 15 is 0 Å². The Morgan fingerprint density at radius 3 is 2.67 bits per heavy atom. The van der Waals surface area contributed by atoms with Crippen molar-refractivity contribution in [3.8, 4) is 11.8 Å². The zero-order chi connectivity index (χ0) is 7.33. The van der Waals surface area contributed by atoms with Gasteiger partial charge in [0, 0.05) is 0 Å². The third kappa shape index (κ3) is 3.77. The smallest absolute Gasteiger partial charge is 0.141 e. The van der Waals surface area contributed by atoms with Crippen molar-refractivity contribution in [2.45, 2.75) is 12.5 Å². The number of rotatable bonds is 1. The standard InChI is InChI=1S/C7H10O2/c1-3-7(2,9)5-4-6-8/h3,8-9H,1,6H2,2H3. The minimum atomic E-state index is -1.16. The van der Waals surface area contributed by atoms with Crippen LogP contribution in [-0.4, -0.2) is 22.4 Å². The lowest BCUT2D eigenvalue weighted by Gasteiger charge is -2.07. The molecule has 9 heavy (non-hydrogen) atoms. The van der Waals surface area contributed by atoms with E-state index in [2.05, 4.69) is 18.4 Å². The summed E-state index contributed by atoms with van der Waals surface area (Å²) in [5, 5.41) is 17.3. The second kappa shape index (κ2) is 3.29. The van der Waals surface area contributed by atoms with E-state index in [1.54, 1.807) is 0 Å². The van der Waals surface area contributed by atoms with Crippen LogP contribution in [0.15, 0.2) is 12.7 Å². The predicted molar refractivity (Wildman–Crippen MR) is 35.7 cm³/mol. The monoisotopic (exact) mass is 126 g/mol. The van der Waals surface area contributed by atoms with Crippen LogP contribution in [0.4, 0.5) is 0 Å². The van der Waals surface area contributed by atoms with Crippen molar-refractivity contribution in [1.82, 2.24) is 0 Å². The molecule has 0 rings (SSSR count). The van der Waals surface area contributed by atoms with Gasteiger partial charge in [0.2, 0.25) is 0 Å². The van der Waals surface area contributed by atoms with Crippen LogP contribution in [0.25, 0.3) is 0 Å². The first-order valence-electron chi connectivity index (χ1n) is 2.59. The fourth-order valence-corrected chi connectivity index (χ4v) is 0.270. The van der Waals surface area contributed by atoms with Gasteiger partial charge in [-0.1, -0.05) is 18.4 Å². The van der Waals surface area contributed by atoms with Gasteiger partial charge in [-0.25, -0.2) is 0 Å². The molecule has 0 aliphatic heterocycles. The lowest BCUT2D eigenvalue weighted by atomic mass is 10.1. The average molecular weight is 126 g/mol. The van der Waals surface area contributed by atoms with Crippen molar-refractivity contribution in [3.05, 3.63) is 12.7 Å². The van der Waals surface area contributed by atoms with Gasteiger partial charge in [-0.15, -0.1) is 0 Å². The first-order valence-corrected chi connectivity index (χ1v) is 2.59. The van der Waals surface area contributed by atoms with Crippen molar-refractivity contribution >= 4 is 0 Å². The van der Waals surface area contributed by atoms with Crippen LogP contribution >= 0.6 is 0 Å². The molecule has 2 heteroatoms. The van der Waals surface area contributed by atoms with Crippen LogP contribution in [-0.2, 0) is 0 Å². The summed E-state index contributed by atoms with van der Waals surface area (Å²) < 4.78 is 0. The molecule has 0 aliphatic carbocycles. The van der Waals surface area contributed by atoms with E-state index in [1.165, 1.54) is 13.0 Å². The molecule has 0 aromatic carbocycles. The molecule has 0 saturated heterocycles. The third-order valence-corrected chi connectivity index (χ3v) is 0.818. The van der Waals surface area contributed by atoms with E-state index < -0.39 is 5.60 Å². The van der Waals surface area contributed by atoms with Gasteiger partial charge in [-0.3, -0.25) is 0 Å². The number of hydrogen-bond acceptors (Lipinski definition) is 2. The van der Waals surface area contributed by atoms with E-state index in [-0.39, 0.29) is 6.61 Å². The number of hydrogen-bond donors (Lipinski definition) is 2.